The predicted octanol–water partition coefficient (Wildman–Crippen LogP) is 3.67. The zero-order chi connectivity index (χ0) is 27.6. The van der Waals surface area contributed by atoms with Crippen LogP contribution in [0.4, 0.5) is 0 Å². The number of carbonyl (C=O) groups is 2. The summed E-state index contributed by atoms with van der Waals surface area (Å²) < 4.78 is 25.9. The molecular formula is C25H33N5O6S. The van der Waals surface area contributed by atoms with Crippen molar-refractivity contribution in [1.29, 1.82) is 0 Å². The Bertz CT molecular complexity index is 1250. The smallest absolute Gasteiger partial charge is 0.326 e. The number of tetrazole rings is 1. The first kappa shape index (κ1) is 29.6. The van der Waals surface area contributed by atoms with Gasteiger partial charge in [0.15, 0.2) is 0 Å². The minimum Gasteiger partial charge on any atom is -0.480 e. The van der Waals surface area contributed by atoms with Crippen molar-refractivity contribution in [1.82, 2.24) is 25.5 Å². The van der Waals surface area contributed by atoms with Gasteiger partial charge in [-0.2, -0.15) is 13.6 Å². The van der Waals surface area contributed by atoms with Crippen molar-refractivity contribution < 1.29 is 27.7 Å². The van der Waals surface area contributed by atoms with Crippen LogP contribution in [0, 0.1) is 5.92 Å². The van der Waals surface area contributed by atoms with E-state index in [1.807, 2.05) is 69.3 Å². The van der Waals surface area contributed by atoms with Crippen LogP contribution in [0.3, 0.4) is 0 Å². The van der Waals surface area contributed by atoms with Gasteiger partial charge in [-0.15, -0.1) is 10.2 Å². The minimum atomic E-state index is -3.67. The number of rotatable bonds is 10. The molecule has 0 spiro atoms. The quantitative estimate of drug-likeness (QED) is 0.331. The molecule has 37 heavy (non-hydrogen) atoms. The number of aromatic amines is 1. The number of nitrogens with zero attached hydrogens (tertiary/aromatic N) is 4. The third-order valence-electron chi connectivity index (χ3n) is 5.42. The number of H-pyrrole nitrogens is 1. The minimum absolute atomic E-state index is 0.125. The van der Waals surface area contributed by atoms with Crippen molar-refractivity contribution in [2.45, 2.75) is 52.6 Å². The summed E-state index contributed by atoms with van der Waals surface area (Å²) in [4.78, 5) is 26.3. The first-order chi connectivity index (χ1) is 17.4. The molecule has 1 atom stereocenters. The molecule has 1 amide bonds. The zero-order valence-corrected chi connectivity index (χ0v) is 22.1. The lowest BCUT2D eigenvalue weighted by molar-refractivity contribution is -0.153. The van der Waals surface area contributed by atoms with Gasteiger partial charge >= 0.3 is 5.97 Å². The molecule has 0 saturated heterocycles. The monoisotopic (exact) mass is 531 g/mol. The Morgan fingerprint density at radius 2 is 1.65 bits per heavy atom. The number of carbonyl (C=O) groups excluding carboxylic acids is 1. The van der Waals surface area contributed by atoms with Gasteiger partial charge in [-0.3, -0.25) is 9.35 Å². The molecule has 0 fully saturated rings. The number of amides is 1. The van der Waals surface area contributed by atoms with Gasteiger partial charge in [-0.05, 0) is 34.2 Å². The molecule has 0 bridgehead atoms. The van der Waals surface area contributed by atoms with Crippen LogP contribution in [0.2, 0.25) is 0 Å². The van der Waals surface area contributed by atoms with Crippen molar-refractivity contribution >= 4 is 22.0 Å². The number of hydrogen-bond acceptors (Lipinski definition) is 7. The van der Waals surface area contributed by atoms with Gasteiger partial charge in [0.05, 0.1) is 6.26 Å². The van der Waals surface area contributed by atoms with Crippen LogP contribution in [0.5, 0.6) is 0 Å². The number of aliphatic carboxylic acids is 1. The maximum Gasteiger partial charge on any atom is 0.326 e. The van der Waals surface area contributed by atoms with E-state index < -0.39 is 22.1 Å². The Balaban J connectivity index is 0.000000877. The Morgan fingerprint density at radius 1 is 1.05 bits per heavy atom. The molecule has 0 aliphatic carbocycles. The van der Waals surface area contributed by atoms with Crippen molar-refractivity contribution in [3.63, 3.8) is 0 Å². The van der Waals surface area contributed by atoms with Crippen LogP contribution < -0.4 is 0 Å². The number of unbranched alkanes of at least 4 members (excludes halogenated alkanes) is 1. The van der Waals surface area contributed by atoms with Crippen LogP contribution >= 0.6 is 0 Å². The van der Waals surface area contributed by atoms with E-state index in [1.165, 1.54) is 4.90 Å². The average molecular weight is 532 g/mol. The molecule has 1 aromatic heterocycles. The third kappa shape index (κ3) is 9.39. The van der Waals surface area contributed by atoms with Crippen molar-refractivity contribution in [2.24, 2.45) is 5.92 Å². The molecule has 3 N–H and O–H groups in total. The molecular weight excluding hydrogens is 498 g/mol. The summed E-state index contributed by atoms with van der Waals surface area (Å²) in [6, 6.07) is 14.7. The fourth-order valence-electron chi connectivity index (χ4n) is 3.78. The van der Waals surface area contributed by atoms with Crippen molar-refractivity contribution in [3.8, 4) is 22.5 Å². The van der Waals surface area contributed by atoms with E-state index in [9.17, 15) is 23.1 Å². The van der Waals surface area contributed by atoms with E-state index in [1.54, 1.807) is 0 Å². The highest BCUT2D eigenvalue weighted by Gasteiger charge is 2.32. The van der Waals surface area contributed by atoms with Gasteiger partial charge in [0.25, 0.3) is 10.1 Å². The maximum absolute atomic E-state index is 12.9. The number of carboxylic acid groups (broad SMARTS) is 1. The molecule has 3 rings (SSSR count). The average Bonchev–Trinajstić information content (AvgIpc) is 3.36. The number of carboxylic acids is 1. The summed E-state index contributed by atoms with van der Waals surface area (Å²) in [5.74, 6) is -0.784. The number of hydrogen-bond donors (Lipinski definition) is 3. The molecule has 0 aliphatic rings. The third-order valence-corrected chi connectivity index (χ3v) is 5.42. The molecule has 12 heteroatoms. The standard InChI is InChI=1S/C24H29N5O3.CH4O3S/c1-4-5-10-21(30)29(22(16(2)3)24(31)32)15-17-11-13-18(14-12-17)19-8-6-7-9-20(19)23-25-27-28-26-23;1-5(2,3)4/h6-9,11-14,16,22H,4-5,10,15H2,1-3H3,(H,31,32)(H,25,26,27,28);1H3,(H,2,3,4)/t22-;/m1./s1. The van der Waals surface area contributed by atoms with E-state index in [-0.39, 0.29) is 18.4 Å². The van der Waals surface area contributed by atoms with Crippen molar-refractivity contribution in [2.75, 3.05) is 6.26 Å². The van der Waals surface area contributed by atoms with E-state index >= 15 is 0 Å². The summed E-state index contributed by atoms with van der Waals surface area (Å²) in [5.41, 5.74) is 3.66. The Kier molecular flexibility index (Phi) is 10.9. The highest BCUT2D eigenvalue weighted by atomic mass is 32.2. The number of aromatic nitrogens is 4. The molecule has 0 unspecified atom stereocenters. The summed E-state index contributed by atoms with van der Waals surface area (Å²) in [6.45, 7) is 5.93. The molecule has 3 aromatic rings. The van der Waals surface area contributed by atoms with Crippen molar-refractivity contribution in [3.05, 3.63) is 54.1 Å². The highest BCUT2D eigenvalue weighted by Crippen LogP contribution is 2.30. The zero-order valence-electron chi connectivity index (χ0n) is 21.3. The molecule has 1 heterocycles. The second-order valence-electron chi connectivity index (χ2n) is 8.86. The first-order valence-electron chi connectivity index (χ1n) is 11.8. The Labute approximate surface area is 216 Å². The Hall–Kier alpha value is -3.64. The summed E-state index contributed by atoms with van der Waals surface area (Å²) in [7, 11) is -3.67. The topological polar surface area (TPSA) is 166 Å². The fraction of sp³-hybridized carbons (Fsp3) is 0.400. The lowest BCUT2D eigenvalue weighted by Crippen LogP contribution is -2.47. The van der Waals surface area contributed by atoms with E-state index in [0.717, 1.165) is 35.1 Å². The van der Waals surface area contributed by atoms with Crippen LogP contribution in [0.25, 0.3) is 22.5 Å². The highest BCUT2D eigenvalue weighted by molar-refractivity contribution is 7.85. The van der Waals surface area contributed by atoms with Crippen LogP contribution in [0.1, 0.15) is 45.6 Å². The van der Waals surface area contributed by atoms with E-state index in [4.69, 9.17) is 4.55 Å². The SMILES string of the molecule is CCCCC(=O)N(Cc1ccc(-c2ccccc2-c2nn[nH]n2)cc1)[C@@H](C(=O)O)C(C)C.CS(=O)(=O)O. The lowest BCUT2D eigenvalue weighted by Gasteiger charge is -2.32. The molecule has 2 aromatic carbocycles. The van der Waals surface area contributed by atoms with Crippen LogP contribution in [-0.2, 0) is 26.3 Å². The second-order valence-corrected chi connectivity index (χ2v) is 10.3. The molecule has 11 nitrogen and oxygen atoms in total. The summed E-state index contributed by atoms with van der Waals surface area (Å²) in [6.07, 6.45) is 2.69. The van der Waals surface area contributed by atoms with Crippen LogP contribution in [0.15, 0.2) is 48.5 Å². The van der Waals surface area contributed by atoms with Gasteiger partial charge in [0.2, 0.25) is 11.7 Å². The number of benzene rings is 2. The molecule has 0 saturated carbocycles. The molecule has 200 valence electrons. The fourth-order valence-corrected chi connectivity index (χ4v) is 3.78. The summed E-state index contributed by atoms with van der Waals surface area (Å²) >= 11 is 0. The van der Waals surface area contributed by atoms with Gasteiger partial charge < -0.3 is 10.0 Å². The van der Waals surface area contributed by atoms with Gasteiger partial charge in [-0.1, -0.05) is 75.7 Å². The van der Waals surface area contributed by atoms with Gasteiger partial charge in [0, 0.05) is 18.5 Å². The summed E-state index contributed by atoms with van der Waals surface area (Å²) in [5, 5.41) is 24.0. The van der Waals surface area contributed by atoms with Crippen LogP contribution in [-0.4, -0.2) is 67.8 Å². The van der Waals surface area contributed by atoms with E-state index in [2.05, 4.69) is 20.6 Å². The Morgan fingerprint density at radius 3 is 2.14 bits per heavy atom. The number of nitrogens with one attached hydrogen (secondary N) is 1. The van der Waals surface area contributed by atoms with E-state index in [0.29, 0.717) is 18.5 Å². The van der Waals surface area contributed by atoms with Gasteiger partial charge in [-0.25, -0.2) is 4.79 Å². The predicted molar refractivity (Wildman–Crippen MR) is 139 cm³/mol. The second kappa shape index (κ2) is 13.6. The largest absolute Gasteiger partial charge is 0.480 e. The van der Waals surface area contributed by atoms with Gasteiger partial charge in [0.1, 0.15) is 6.04 Å². The molecule has 0 radical (unpaired) electrons. The first-order valence-corrected chi connectivity index (χ1v) is 13.6. The maximum atomic E-state index is 12.9. The lowest BCUT2D eigenvalue weighted by atomic mass is 9.97. The normalized spacial score (nSPS) is 11.9. The molecule has 0 aliphatic heterocycles.